The molecule has 0 aliphatic rings. The van der Waals surface area contributed by atoms with Crippen molar-refractivity contribution in [1.29, 1.82) is 10.5 Å². The van der Waals surface area contributed by atoms with Crippen LogP contribution in [0, 0.1) is 34.3 Å². The van der Waals surface area contributed by atoms with E-state index in [1.165, 1.54) is 12.1 Å². The molecule has 0 unspecified atom stereocenters. The molecule has 6 nitrogen and oxygen atoms in total. The summed E-state index contributed by atoms with van der Waals surface area (Å²) in [4.78, 5) is 13.7. The highest BCUT2D eigenvalue weighted by Crippen LogP contribution is 2.35. The van der Waals surface area contributed by atoms with Gasteiger partial charge in [0.25, 0.3) is 5.56 Å². The lowest BCUT2D eigenvalue weighted by atomic mass is 9.95. The highest BCUT2D eigenvalue weighted by Gasteiger charge is 2.32. The van der Waals surface area contributed by atoms with Gasteiger partial charge < -0.3 is 15.5 Å². The molecule has 0 atom stereocenters. The molecule has 0 fully saturated rings. The van der Waals surface area contributed by atoms with Crippen molar-refractivity contribution in [3.8, 4) is 29.0 Å². The van der Waals surface area contributed by atoms with E-state index in [9.17, 15) is 26.7 Å². The number of anilines is 1. The molecule has 25 heavy (non-hydrogen) atoms. The number of hydrogen-bond donors (Lipinski definition) is 2. The number of pyridine rings is 1. The topological polar surface area (TPSA) is 116 Å². The molecule has 2 aromatic rings. The second-order valence-corrected chi connectivity index (χ2v) is 4.53. The van der Waals surface area contributed by atoms with Crippen LogP contribution >= 0.6 is 0 Å². The Hall–Kier alpha value is -3.60. The average Bonchev–Trinajstić information content (AvgIpc) is 2.44. The Balaban J connectivity index is 2.83. The molecule has 3 N–H and O–H groups in total. The average molecular weight is 356 g/mol. The lowest BCUT2D eigenvalue weighted by Gasteiger charge is -2.13. The molecular weight excluding hydrogens is 351 g/mol. The lowest BCUT2D eigenvalue weighted by molar-refractivity contribution is -0.274. The smallest absolute Gasteiger partial charge is 0.406 e. The van der Waals surface area contributed by atoms with Crippen LogP contribution in [-0.2, 0) is 0 Å². The first-order chi connectivity index (χ1) is 11.6. The van der Waals surface area contributed by atoms with Crippen molar-refractivity contribution in [1.82, 2.24) is 4.98 Å². The first-order valence-electron chi connectivity index (χ1n) is 6.20. The molecule has 2 rings (SSSR count). The second kappa shape index (κ2) is 6.13. The summed E-state index contributed by atoms with van der Waals surface area (Å²) in [6, 6.07) is 3.26. The van der Waals surface area contributed by atoms with Crippen molar-refractivity contribution in [2.75, 3.05) is 5.73 Å². The van der Waals surface area contributed by atoms with Crippen molar-refractivity contribution in [3.05, 3.63) is 45.2 Å². The van der Waals surface area contributed by atoms with E-state index in [2.05, 4.69) is 4.74 Å². The molecule has 1 aromatic carbocycles. The van der Waals surface area contributed by atoms with Gasteiger partial charge in [0.15, 0.2) is 0 Å². The van der Waals surface area contributed by atoms with Crippen LogP contribution in [-0.4, -0.2) is 11.3 Å². The van der Waals surface area contributed by atoms with Crippen LogP contribution < -0.4 is 16.0 Å². The van der Waals surface area contributed by atoms with Crippen LogP contribution in [0.15, 0.2) is 16.9 Å². The number of aromatic amines is 1. The Bertz CT molecular complexity index is 975. The normalized spacial score (nSPS) is 10.8. The number of nitrogen functional groups attached to an aromatic ring is 1. The van der Waals surface area contributed by atoms with Crippen molar-refractivity contribution in [2.45, 2.75) is 6.36 Å². The molecule has 0 aliphatic heterocycles. The van der Waals surface area contributed by atoms with Gasteiger partial charge in [-0.15, -0.1) is 13.2 Å². The predicted molar refractivity (Wildman–Crippen MR) is 72.9 cm³/mol. The number of ether oxygens (including phenoxy) is 1. The van der Waals surface area contributed by atoms with Crippen LogP contribution in [0.25, 0.3) is 11.1 Å². The van der Waals surface area contributed by atoms with Gasteiger partial charge >= 0.3 is 6.36 Å². The molecule has 128 valence electrons. The standard InChI is InChI=1S/C14H5F5N4O2/c15-8-1-5(25-14(17,18)19)2-9(16)11(8)10-6(3-20)12(22)23-13(24)7(10)4-21/h1-2H,(H3,22,23,24). The number of rotatable bonds is 2. The SMILES string of the molecule is N#Cc1c(N)[nH]c(=O)c(C#N)c1-c1c(F)cc(OC(F)(F)F)cc1F. The van der Waals surface area contributed by atoms with Crippen LogP contribution in [0.2, 0.25) is 0 Å². The number of alkyl halides is 3. The number of nitrogens with two attached hydrogens (primary N) is 1. The van der Waals surface area contributed by atoms with Gasteiger partial charge in [-0.25, -0.2) is 8.78 Å². The van der Waals surface area contributed by atoms with Crippen LogP contribution in [0.4, 0.5) is 27.8 Å². The summed E-state index contributed by atoms with van der Waals surface area (Å²) in [5, 5.41) is 18.1. The summed E-state index contributed by atoms with van der Waals surface area (Å²) >= 11 is 0. The van der Waals surface area contributed by atoms with Crippen molar-refractivity contribution in [2.24, 2.45) is 0 Å². The van der Waals surface area contributed by atoms with Crippen LogP contribution in [0.1, 0.15) is 11.1 Å². The van der Waals surface area contributed by atoms with Gasteiger partial charge in [0.1, 0.15) is 46.5 Å². The van der Waals surface area contributed by atoms with E-state index >= 15 is 0 Å². The van der Waals surface area contributed by atoms with Gasteiger partial charge in [-0.1, -0.05) is 0 Å². The number of aromatic nitrogens is 1. The number of nitrogens with one attached hydrogen (secondary N) is 1. The zero-order valence-electron chi connectivity index (χ0n) is 11.8. The third kappa shape index (κ3) is 3.35. The summed E-state index contributed by atoms with van der Waals surface area (Å²) in [7, 11) is 0. The first-order valence-corrected chi connectivity index (χ1v) is 6.20. The third-order valence-electron chi connectivity index (χ3n) is 2.97. The van der Waals surface area contributed by atoms with Gasteiger partial charge in [-0.05, 0) is 0 Å². The van der Waals surface area contributed by atoms with Gasteiger partial charge in [0, 0.05) is 17.7 Å². The molecule has 0 saturated carbocycles. The molecular formula is C14H5F5N4O2. The fourth-order valence-electron chi connectivity index (χ4n) is 2.07. The zero-order chi connectivity index (χ0) is 18.9. The fraction of sp³-hybridized carbons (Fsp3) is 0.0714. The summed E-state index contributed by atoms with van der Waals surface area (Å²) in [5.41, 5.74) is 1.02. The highest BCUT2D eigenvalue weighted by molar-refractivity contribution is 5.81. The molecule has 0 radical (unpaired) electrons. The molecule has 0 spiro atoms. The van der Waals surface area contributed by atoms with Crippen molar-refractivity contribution in [3.63, 3.8) is 0 Å². The Morgan fingerprint density at radius 1 is 1.04 bits per heavy atom. The second-order valence-electron chi connectivity index (χ2n) is 4.53. The Morgan fingerprint density at radius 3 is 2.00 bits per heavy atom. The van der Waals surface area contributed by atoms with E-state index in [4.69, 9.17) is 16.3 Å². The Morgan fingerprint density at radius 2 is 1.56 bits per heavy atom. The van der Waals surface area contributed by atoms with E-state index in [1.807, 2.05) is 4.98 Å². The van der Waals surface area contributed by atoms with Gasteiger partial charge in [-0.2, -0.15) is 10.5 Å². The fourth-order valence-corrected chi connectivity index (χ4v) is 2.07. The van der Waals surface area contributed by atoms with E-state index in [-0.39, 0.29) is 12.1 Å². The molecule has 0 aliphatic carbocycles. The van der Waals surface area contributed by atoms with E-state index in [1.54, 1.807) is 0 Å². The molecule has 11 heteroatoms. The number of hydrogen-bond acceptors (Lipinski definition) is 5. The third-order valence-corrected chi connectivity index (χ3v) is 2.97. The number of benzene rings is 1. The quantitative estimate of drug-likeness (QED) is 0.802. The number of nitrogens with zero attached hydrogens (tertiary/aromatic N) is 2. The number of H-pyrrole nitrogens is 1. The Kier molecular flexibility index (Phi) is 4.35. The van der Waals surface area contributed by atoms with Crippen LogP contribution in [0.3, 0.4) is 0 Å². The van der Waals surface area contributed by atoms with E-state index < -0.39 is 57.4 Å². The molecule has 0 saturated heterocycles. The minimum Gasteiger partial charge on any atom is -0.406 e. The van der Waals surface area contributed by atoms with Gasteiger partial charge in [-0.3, -0.25) is 4.79 Å². The highest BCUT2D eigenvalue weighted by atomic mass is 19.4. The minimum absolute atomic E-state index is 0.200. The van der Waals surface area contributed by atoms with Crippen LogP contribution in [0.5, 0.6) is 5.75 Å². The maximum Gasteiger partial charge on any atom is 0.573 e. The zero-order valence-corrected chi connectivity index (χ0v) is 11.8. The summed E-state index contributed by atoms with van der Waals surface area (Å²) in [6.07, 6.45) is -5.19. The van der Waals surface area contributed by atoms with Crippen molar-refractivity contribution < 1.29 is 26.7 Å². The summed E-state index contributed by atoms with van der Waals surface area (Å²) < 4.78 is 68.3. The van der Waals surface area contributed by atoms with Crippen molar-refractivity contribution >= 4 is 5.82 Å². The minimum atomic E-state index is -5.19. The predicted octanol–water partition coefficient (Wildman–Crippen LogP) is 2.54. The summed E-state index contributed by atoms with van der Waals surface area (Å²) in [5.74, 6) is -4.92. The lowest BCUT2D eigenvalue weighted by Crippen LogP contribution is -2.18. The molecule has 0 amide bonds. The molecule has 0 bridgehead atoms. The number of halogens is 5. The summed E-state index contributed by atoms with van der Waals surface area (Å²) in [6.45, 7) is 0. The molecule has 1 aromatic heterocycles. The number of nitriles is 2. The largest absolute Gasteiger partial charge is 0.573 e. The van der Waals surface area contributed by atoms with Gasteiger partial charge in [0.2, 0.25) is 0 Å². The maximum atomic E-state index is 14.2. The first kappa shape index (κ1) is 17.7. The van der Waals surface area contributed by atoms with E-state index in [0.717, 1.165) is 0 Å². The monoisotopic (exact) mass is 356 g/mol. The Labute approximate surface area is 135 Å². The maximum absolute atomic E-state index is 14.2. The van der Waals surface area contributed by atoms with Gasteiger partial charge in [0.05, 0.1) is 5.56 Å². The molecule has 1 heterocycles. The van der Waals surface area contributed by atoms with E-state index in [0.29, 0.717) is 0 Å².